The van der Waals surface area contributed by atoms with E-state index in [9.17, 15) is 4.79 Å². The van der Waals surface area contributed by atoms with Gasteiger partial charge < -0.3 is 9.47 Å². The second-order valence-corrected chi connectivity index (χ2v) is 2.54. The highest BCUT2D eigenvalue weighted by atomic mass is 16.7. The summed E-state index contributed by atoms with van der Waals surface area (Å²) >= 11 is 0. The van der Waals surface area contributed by atoms with E-state index in [1.54, 1.807) is 6.61 Å². The largest absolute Gasteiger partial charge is 0.436 e. The molecule has 0 aromatic heterocycles. The van der Waals surface area contributed by atoms with E-state index < -0.39 is 6.29 Å². The summed E-state index contributed by atoms with van der Waals surface area (Å²) in [5.41, 5.74) is 0. The van der Waals surface area contributed by atoms with Gasteiger partial charge in [-0.3, -0.25) is 4.79 Å². The van der Waals surface area contributed by atoms with Crippen molar-refractivity contribution < 1.29 is 14.3 Å². The van der Waals surface area contributed by atoms with Crippen LogP contribution in [0, 0.1) is 6.61 Å². The van der Waals surface area contributed by atoms with Crippen molar-refractivity contribution in [1.29, 1.82) is 0 Å². The summed E-state index contributed by atoms with van der Waals surface area (Å²) in [5, 5.41) is 0. The van der Waals surface area contributed by atoms with E-state index in [2.05, 4.69) is 0 Å². The lowest BCUT2D eigenvalue weighted by molar-refractivity contribution is -0.171. The van der Waals surface area contributed by atoms with Crippen LogP contribution in [0.15, 0.2) is 0 Å². The Bertz CT molecular complexity index is 123. The Balaban J connectivity index is 3.61. The number of hydrogen-bond acceptors (Lipinski definition) is 3. The molecule has 1 atom stereocenters. The zero-order chi connectivity index (χ0) is 9.40. The number of carbonyl (C=O) groups excluding carboxylic acids is 1. The standard InChI is InChI=1S/C9H17O3/c1-4-6-9(11-7-5-2)12-8(3)10/h7,9H,4-6H2,1-3H3. The normalized spacial score (nSPS) is 12.6. The maximum atomic E-state index is 10.6. The van der Waals surface area contributed by atoms with Gasteiger partial charge in [0.15, 0.2) is 0 Å². The average Bonchev–Trinajstić information content (AvgIpc) is 2.00. The quantitative estimate of drug-likeness (QED) is 0.456. The molecule has 3 nitrogen and oxygen atoms in total. The van der Waals surface area contributed by atoms with Crippen molar-refractivity contribution in [3.63, 3.8) is 0 Å². The Morgan fingerprint density at radius 3 is 2.58 bits per heavy atom. The van der Waals surface area contributed by atoms with Crippen LogP contribution in [0.2, 0.25) is 0 Å². The molecule has 0 heterocycles. The van der Waals surface area contributed by atoms with Crippen molar-refractivity contribution in [2.75, 3.05) is 0 Å². The van der Waals surface area contributed by atoms with Gasteiger partial charge in [0, 0.05) is 13.3 Å². The smallest absolute Gasteiger partial charge is 0.304 e. The minimum atomic E-state index is -0.396. The molecular weight excluding hydrogens is 156 g/mol. The number of esters is 1. The van der Waals surface area contributed by atoms with Gasteiger partial charge in [-0.15, -0.1) is 0 Å². The fraction of sp³-hybridized carbons (Fsp3) is 0.778. The SMILES string of the molecule is CC[CH]OC(CCC)OC(C)=O. The summed E-state index contributed by atoms with van der Waals surface area (Å²) in [6.45, 7) is 7.03. The number of rotatable bonds is 6. The van der Waals surface area contributed by atoms with Crippen LogP contribution in [0.25, 0.3) is 0 Å². The summed E-state index contributed by atoms with van der Waals surface area (Å²) < 4.78 is 10.1. The second-order valence-electron chi connectivity index (χ2n) is 2.54. The molecule has 0 spiro atoms. The van der Waals surface area contributed by atoms with E-state index >= 15 is 0 Å². The molecule has 12 heavy (non-hydrogen) atoms. The molecule has 0 amide bonds. The van der Waals surface area contributed by atoms with Crippen molar-refractivity contribution in [3.8, 4) is 0 Å². The maximum absolute atomic E-state index is 10.6. The Hall–Kier alpha value is -0.570. The van der Waals surface area contributed by atoms with E-state index in [1.807, 2.05) is 13.8 Å². The average molecular weight is 173 g/mol. The van der Waals surface area contributed by atoms with Gasteiger partial charge in [-0.2, -0.15) is 0 Å². The first-order valence-corrected chi connectivity index (χ1v) is 4.35. The fourth-order valence-corrected chi connectivity index (χ4v) is 0.779. The van der Waals surface area contributed by atoms with Gasteiger partial charge in [0.25, 0.3) is 0 Å². The molecule has 1 unspecified atom stereocenters. The van der Waals surface area contributed by atoms with Crippen LogP contribution in [0.3, 0.4) is 0 Å². The molecule has 0 aliphatic rings. The van der Waals surface area contributed by atoms with Crippen LogP contribution in [0.1, 0.15) is 40.0 Å². The highest BCUT2D eigenvalue weighted by molar-refractivity contribution is 5.66. The summed E-state index contributed by atoms with van der Waals surface area (Å²) in [6, 6.07) is 0. The van der Waals surface area contributed by atoms with Gasteiger partial charge in [0.1, 0.15) is 0 Å². The Morgan fingerprint density at radius 1 is 1.50 bits per heavy atom. The molecule has 0 bridgehead atoms. The summed E-state index contributed by atoms with van der Waals surface area (Å²) in [7, 11) is 0. The summed E-state index contributed by atoms with van der Waals surface area (Å²) in [5.74, 6) is -0.294. The van der Waals surface area contributed by atoms with E-state index in [-0.39, 0.29) is 5.97 Å². The molecule has 1 radical (unpaired) electrons. The van der Waals surface area contributed by atoms with E-state index in [1.165, 1.54) is 6.92 Å². The molecule has 0 rings (SSSR count). The molecule has 3 heteroatoms. The molecule has 0 aliphatic carbocycles. The van der Waals surface area contributed by atoms with Gasteiger partial charge in [0.2, 0.25) is 6.29 Å². The second kappa shape index (κ2) is 7.10. The Labute approximate surface area is 74.0 Å². The van der Waals surface area contributed by atoms with Crippen LogP contribution in [0.4, 0.5) is 0 Å². The third-order valence-corrected chi connectivity index (χ3v) is 1.24. The minimum Gasteiger partial charge on any atom is -0.436 e. The van der Waals surface area contributed by atoms with E-state index in [4.69, 9.17) is 9.47 Å². The van der Waals surface area contributed by atoms with Crippen LogP contribution >= 0.6 is 0 Å². The molecule has 0 fully saturated rings. The highest BCUT2D eigenvalue weighted by Gasteiger charge is 2.09. The lowest BCUT2D eigenvalue weighted by Gasteiger charge is -2.15. The lowest BCUT2D eigenvalue weighted by atomic mass is 10.3. The third-order valence-electron chi connectivity index (χ3n) is 1.24. The van der Waals surface area contributed by atoms with Crippen molar-refractivity contribution in [2.24, 2.45) is 0 Å². The van der Waals surface area contributed by atoms with Gasteiger partial charge in [0.05, 0.1) is 6.61 Å². The van der Waals surface area contributed by atoms with Crippen LogP contribution in [0.5, 0.6) is 0 Å². The predicted molar refractivity (Wildman–Crippen MR) is 46.1 cm³/mol. The van der Waals surface area contributed by atoms with Crippen molar-refractivity contribution in [2.45, 2.75) is 46.3 Å². The molecular formula is C9H17O3. The maximum Gasteiger partial charge on any atom is 0.304 e. The summed E-state index contributed by atoms with van der Waals surface area (Å²) in [4.78, 5) is 10.6. The van der Waals surface area contributed by atoms with Gasteiger partial charge >= 0.3 is 5.97 Å². The van der Waals surface area contributed by atoms with Crippen molar-refractivity contribution >= 4 is 5.97 Å². The Morgan fingerprint density at radius 2 is 2.17 bits per heavy atom. The van der Waals surface area contributed by atoms with Crippen molar-refractivity contribution in [3.05, 3.63) is 6.61 Å². The van der Waals surface area contributed by atoms with E-state index in [0.717, 1.165) is 19.3 Å². The first-order valence-electron chi connectivity index (χ1n) is 4.35. The summed E-state index contributed by atoms with van der Waals surface area (Å²) in [6.07, 6.45) is 2.11. The van der Waals surface area contributed by atoms with Crippen LogP contribution < -0.4 is 0 Å². The van der Waals surface area contributed by atoms with Gasteiger partial charge in [-0.25, -0.2) is 0 Å². The zero-order valence-electron chi connectivity index (χ0n) is 8.00. The molecule has 0 aliphatic heterocycles. The Kier molecular flexibility index (Phi) is 6.76. The van der Waals surface area contributed by atoms with Gasteiger partial charge in [-0.05, 0) is 6.42 Å². The zero-order valence-corrected chi connectivity index (χ0v) is 8.00. The highest BCUT2D eigenvalue weighted by Crippen LogP contribution is 2.06. The lowest BCUT2D eigenvalue weighted by Crippen LogP contribution is -2.18. The first kappa shape index (κ1) is 11.4. The topological polar surface area (TPSA) is 35.5 Å². The van der Waals surface area contributed by atoms with Gasteiger partial charge in [-0.1, -0.05) is 20.3 Å². The van der Waals surface area contributed by atoms with E-state index in [0.29, 0.717) is 0 Å². The number of hydrogen-bond donors (Lipinski definition) is 0. The molecule has 0 aromatic carbocycles. The molecule has 0 aromatic rings. The van der Waals surface area contributed by atoms with Crippen LogP contribution in [-0.4, -0.2) is 12.3 Å². The minimum absolute atomic E-state index is 0.294. The monoisotopic (exact) mass is 173 g/mol. The van der Waals surface area contributed by atoms with Crippen molar-refractivity contribution in [1.82, 2.24) is 0 Å². The predicted octanol–water partition coefficient (Wildman–Crippen LogP) is 2.26. The van der Waals surface area contributed by atoms with Crippen LogP contribution in [-0.2, 0) is 14.3 Å². The fourth-order valence-electron chi connectivity index (χ4n) is 0.779. The first-order chi connectivity index (χ1) is 5.70. The molecule has 0 N–H and O–H groups in total. The molecule has 0 saturated carbocycles. The molecule has 0 saturated heterocycles. The number of ether oxygens (including phenoxy) is 2. The number of carbonyl (C=O) groups is 1. The molecule has 71 valence electrons. The third kappa shape index (κ3) is 6.16.